The Labute approximate surface area is 182 Å². The first-order valence-electron chi connectivity index (χ1n) is 11.5. The number of carboxylic acid groups (broad SMARTS) is 2. The summed E-state index contributed by atoms with van der Waals surface area (Å²) in [5, 5.41) is 20.0. The quantitative estimate of drug-likeness (QED) is 0.174. The monoisotopic (exact) mass is 450 g/mol. The lowest BCUT2D eigenvalue weighted by molar-refractivity contribution is -0.155. The Bertz CT molecular complexity index is 591. The molecule has 0 bridgehead atoms. The van der Waals surface area contributed by atoms with Gasteiger partial charge in [0.05, 0.1) is 5.92 Å². The van der Waals surface area contributed by atoms with Crippen molar-refractivity contribution >= 4 is 22.1 Å². The van der Waals surface area contributed by atoms with E-state index in [4.69, 9.17) is 0 Å². The lowest BCUT2D eigenvalue weighted by Gasteiger charge is -2.37. The molecule has 30 heavy (non-hydrogen) atoms. The van der Waals surface area contributed by atoms with Gasteiger partial charge in [-0.25, -0.2) is 0 Å². The zero-order valence-electron chi connectivity index (χ0n) is 18.9. The molecule has 2 unspecified atom stereocenters. The number of aliphatic carboxylic acids is 2. The van der Waals surface area contributed by atoms with E-state index >= 15 is 0 Å². The SMILES string of the molecule is CCCCCCC(CCCCCC)C(C(=O)O)C(CCCCC)(C(=O)O)S(=O)(=O)O. The van der Waals surface area contributed by atoms with Crippen molar-refractivity contribution in [2.24, 2.45) is 11.8 Å². The van der Waals surface area contributed by atoms with Gasteiger partial charge in [-0.05, 0) is 25.2 Å². The molecule has 2 atom stereocenters. The number of carbonyl (C=O) groups is 2. The molecule has 0 spiro atoms. The van der Waals surface area contributed by atoms with Crippen LogP contribution in [0.2, 0.25) is 0 Å². The van der Waals surface area contributed by atoms with Crippen molar-refractivity contribution in [3.8, 4) is 0 Å². The minimum absolute atomic E-state index is 0.227. The number of carboxylic acids is 2. The Morgan fingerprint density at radius 1 is 0.767 bits per heavy atom. The molecule has 0 saturated heterocycles. The van der Waals surface area contributed by atoms with E-state index in [0.717, 1.165) is 44.9 Å². The highest BCUT2D eigenvalue weighted by molar-refractivity contribution is 7.88. The summed E-state index contributed by atoms with van der Waals surface area (Å²) in [5.41, 5.74) is 0. The first-order valence-corrected chi connectivity index (χ1v) is 13.0. The minimum atomic E-state index is -5.15. The van der Waals surface area contributed by atoms with Crippen molar-refractivity contribution < 1.29 is 32.8 Å². The van der Waals surface area contributed by atoms with Crippen LogP contribution in [0.15, 0.2) is 0 Å². The zero-order chi connectivity index (χ0) is 23.2. The molecule has 0 aromatic carbocycles. The molecule has 0 heterocycles. The fourth-order valence-corrected chi connectivity index (χ4v) is 5.60. The van der Waals surface area contributed by atoms with E-state index in [1.807, 2.05) is 6.92 Å². The van der Waals surface area contributed by atoms with Crippen LogP contribution in [0.1, 0.15) is 111 Å². The van der Waals surface area contributed by atoms with Gasteiger partial charge in [-0.3, -0.25) is 14.1 Å². The summed E-state index contributed by atoms with van der Waals surface area (Å²) in [7, 11) is -5.15. The third-order valence-electron chi connectivity index (χ3n) is 6.07. The highest BCUT2D eigenvalue weighted by atomic mass is 32.2. The summed E-state index contributed by atoms with van der Waals surface area (Å²) < 4.78 is 32.1. The van der Waals surface area contributed by atoms with Crippen molar-refractivity contribution in [1.29, 1.82) is 0 Å². The molecular weight excluding hydrogens is 408 g/mol. The first kappa shape index (κ1) is 28.9. The number of hydrogen-bond donors (Lipinski definition) is 3. The van der Waals surface area contributed by atoms with Crippen LogP contribution in [0.25, 0.3) is 0 Å². The Hall–Kier alpha value is -1.15. The fourth-order valence-electron chi connectivity index (χ4n) is 4.36. The maximum atomic E-state index is 12.4. The third kappa shape index (κ3) is 8.53. The molecule has 0 aliphatic carbocycles. The van der Waals surface area contributed by atoms with E-state index in [1.54, 1.807) is 0 Å². The topological polar surface area (TPSA) is 129 Å². The Balaban J connectivity index is 6.09. The lowest BCUT2D eigenvalue weighted by Crippen LogP contribution is -2.57. The molecule has 8 heteroatoms. The second-order valence-electron chi connectivity index (χ2n) is 8.40. The Morgan fingerprint density at radius 3 is 1.53 bits per heavy atom. The summed E-state index contributed by atoms with van der Waals surface area (Å²) in [6.45, 7) is 6.00. The number of unbranched alkanes of at least 4 members (excludes halogenated alkanes) is 8. The van der Waals surface area contributed by atoms with Gasteiger partial charge >= 0.3 is 11.9 Å². The summed E-state index contributed by atoms with van der Waals surface area (Å²) in [6, 6.07) is 0. The third-order valence-corrected chi connectivity index (χ3v) is 7.62. The van der Waals surface area contributed by atoms with Crippen LogP contribution in [0, 0.1) is 11.8 Å². The molecule has 0 aliphatic heterocycles. The smallest absolute Gasteiger partial charge is 0.328 e. The highest BCUT2D eigenvalue weighted by Gasteiger charge is 2.60. The summed E-state index contributed by atoms with van der Waals surface area (Å²) in [5.74, 6) is -5.51. The molecule has 7 nitrogen and oxygen atoms in total. The predicted octanol–water partition coefficient (Wildman–Crippen LogP) is 5.54. The second-order valence-corrected chi connectivity index (χ2v) is 10.1. The van der Waals surface area contributed by atoms with E-state index in [0.29, 0.717) is 32.1 Å². The van der Waals surface area contributed by atoms with Crippen molar-refractivity contribution in [2.45, 2.75) is 115 Å². The van der Waals surface area contributed by atoms with Crippen LogP contribution >= 0.6 is 0 Å². The molecule has 178 valence electrons. The summed E-state index contributed by atoms with van der Waals surface area (Å²) >= 11 is 0. The van der Waals surface area contributed by atoms with Gasteiger partial charge in [0.2, 0.25) is 4.75 Å². The molecule has 0 amide bonds. The van der Waals surface area contributed by atoms with Crippen molar-refractivity contribution in [3.05, 3.63) is 0 Å². The Morgan fingerprint density at radius 2 is 1.20 bits per heavy atom. The first-order chi connectivity index (χ1) is 14.1. The van der Waals surface area contributed by atoms with Gasteiger partial charge in [-0.15, -0.1) is 0 Å². The van der Waals surface area contributed by atoms with Gasteiger partial charge in [0.15, 0.2) is 0 Å². The van der Waals surface area contributed by atoms with Gasteiger partial charge in [-0.1, -0.05) is 91.4 Å². The van der Waals surface area contributed by atoms with E-state index < -0.39 is 45.1 Å². The maximum Gasteiger partial charge on any atom is 0.328 e. The van der Waals surface area contributed by atoms with Gasteiger partial charge in [-0.2, -0.15) is 8.42 Å². The standard InChI is InChI=1S/C22H42O7S/c1-4-7-10-12-15-18(16-13-11-8-5-2)19(20(23)24)22(21(25)26,30(27,28)29)17-14-9-6-3/h18-19H,4-17H2,1-3H3,(H,23,24)(H,25,26)(H,27,28,29). The molecule has 0 aliphatic rings. The summed E-state index contributed by atoms with van der Waals surface area (Å²) in [4.78, 5) is 24.6. The summed E-state index contributed by atoms with van der Waals surface area (Å²) in [6.07, 6.45) is 9.18. The van der Waals surface area contributed by atoms with E-state index in [1.165, 1.54) is 0 Å². The average Bonchev–Trinajstić information content (AvgIpc) is 2.65. The van der Waals surface area contributed by atoms with Gasteiger partial charge in [0, 0.05) is 0 Å². The number of rotatable bonds is 19. The van der Waals surface area contributed by atoms with Crippen LogP contribution in [-0.4, -0.2) is 39.9 Å². The Kier molecular flexibility index (Phi) is 14.2. The molecule has 3 N–H and O–H groups in total. The average molecular weight is 451 g/mol. The molecular formula is C22H42O7S. The normalized spacial score (nSPS) is 15.1. The molecule has 0 aromatic rings. The van der Waals surface area contributed by atoms with Crippen molar-refractivity contribution in [3.63, 3.8) is 0 Å². The van der Waals surface area contributed by atoms with E-state index in [-0.39, 0.29) is 6.42 Å². The fraction of sp³-hybridized carbons (Fsp3) is 0.909. The number of hydrogen-bond acceptors (Lipinski definition) is 4. The molecule has 0 saturated carbocycles. The van der Waals surface area contributed by atoms with Crippen molar-refractivity contribution in [1.82, 2.24) is 0 Å². The van der Waals surface area contributed by atoms with Crippen LogP contribution < -0.4 is 0 Å². The van der Waals surface area contributed by atoms with E-state index in [9.17, 15) is 32.8 Å². The van der Waals surface area contributed by atoms with Crippen LogP contribution in [0.3, 0.4) is 0 Å². The maximum absolute atomic E-state index is 12.4. The van der Waals surface area contributed by atoms with Crippen LogP contribution in [-0.2, 0) is 19.7 Å². The predicted molar refractivity (Wildman–Crippen MR) is 118 cm³/mol. The molecule has 0 aromatic heterocycles. The second kappa shape index (κ2) is 14.8. The minimum Gasteiger partial charge on any atom is -0.481 e. The van der Waals surface area contributed by atoms with Crippen molar-refractivity contribution in [2.75, 3.05) is 0 Å². The lowest BCUT2D eigenvalue weighted by atomic mass is 9.73. The molecule has 0 fully saturated rings. The molecule has 0 radical (unpaired) electrons. The van der Waals surface area contributed by atoms with Crippen LogP contribution in [0.5, 0.6) is 0 Å². The molecule has 0 rings (SSSR count). The highest BCUT2D eigenvalue weighted by Crippen LogP contribution is 2.41. The largest absolute Gasteiger partial charge is 0.481 e. The van der Waals surface area contributed by atoms with Crippen LogP contribution in [0.4, 0.5) is 0 Å². The zero-order valence-corrected chi connectivity index (χ0v) is 19.8. The van der Waals surface area contributed by atoms with Gasteiger partial charge < -0.3 is 10.2 Å². The van der Waals surface area contributed by atoms with E-state index in [2.05, 4.69) is 13.8 Å². The van der Waals surface area contributed by atoms with Gasteiger partial charge in [0.25, 0.3) is 10.1 Å². The van der Waals surface area contributed by atoms with Gasteiger partial charge in [0.1, 0.15) is 0 Å².